The van der Waals surface area contributed by atoms with Crippen molar-refractivity contribution in [2.45, 2.75) is 76.3 Å². The van der Waals surface area contributed by atoms with Crippen LogP contribution in [-0.2, 0) is 9.59 Å². The summed E-state index contributed by atoms with van der Waals surface area (Å²) in [5, 5.41) is 9.71. The molecule has 0 atom stereocenters. The summed E-state index contributed by atoms with van der Waals surface area (Å²) < 4.78 is 6.13. The molecular formula is C24H29IN2O4S. The molecule has 1 heterocycles. The second-order valence-corrected chi connectivity index (χ2v) is 10.8. The fourth-order valence-electron chi connectivity index (χ4n) is 4.62. The van der Waals surface area contributed by atoms with Crippen LogP contribution in [-0.4, -0.2) is 45.7 Å². The summed E-state index contributed by atoms with van der Waals surface area (Å²) in [6.07, 6.45) is 13.6. The highest BCUT2D eigenvalue weighted by Crippen LogP contribution is 2.38. The van der Waals surface area contributed by atoms with Crippen molar-refractivity contribution in [2.24, 2.45) is 4.99 Å². The number of halogens is 1. The van der Waals surface area contributed by atoms with Crippen LogP contribution >= 0.6 is 34.4 Å². The van der Waals surface area contributed by atoms with Gasteiger partial charge >= 0.3 is 5.97 Å². The number of carboxylic acids is 1. The molecule has 1 amide bonds. The smallest absolute Gasteiger partial charge is 0.341 e. The molecule has 172 valence electrons. The Hall–Kier alpha value is -1.55. The van der Waals surface area contributed by atoms with Gasteiger partial charge in [0.2, 0.25) is 0 Å². The number of rotatable bonds is 6. The largest absolute Gasteiger partial charge is 0.481 e. The molecule has 0 unspecified atom stereocenters. The van der Waals surface area contributed by atoms with E-state index in [1.54, 1.807) is 6.07 Å². The minimum Gasteiger partial charge on any atom is -0.481 e. The maximum absolute atomic E-state index is 13.5. The number of amides is 1. The Kier molecular flexibility index (Phi) is 8.15. The lowest BCUT2D eigenvalue weighted by atomic mass is 9.94. The van der Waals surface area contributed by atoms with Crippen molar-refractivity contribution in [3.05, 3.63) is 32.2 Å². The van der Waals surface area contributed by atoms with Gasteiger partial charge in [-0.15, -0.1) is 0 Å². The first-order valence-electron chi connectivity index (χ1n) is 11.5. The number of carbonyl (C=O) groups excluding carboxylic acids is 1. The van der Waals surface area contributed by atoms with Gasteiger partial charge in [-0.2, -0.15) is 0 Å². The SMILES string of the molecule is O=C(O)COc1ccc(C=C2SC(=NC3CCCCC3)N(C3CCCCC3)C2=O)cc1I. The second-order valence-electron chi connectivity index (χ2n) is 8.65. The predicted molar refractivity (Wildman–Crippen MR) is 136 cm³/mol. The number of thioether (sulfide) groups is 1. The molecule has 4 rings (SSSR count). The summed E-state index contributed by atoms with van der Waals surface area (Å²) in [4.78, 5) is 32.0. The van der Waals surface area contributed by atoms with E-state index in [1.165, 1.54) is 50.3 Å². The van der Waals surface area contributed by atoms with E-state index in [-0.39, 0.29) is 18.6 Å². The molecule has 0 bridgehead atoms. The highest BCUT2D eigenvalue weighted by molar-refractivity contribution is 14.1. The molecule has 0 spiro atoms. The fourth-order valence-corrected chi connectivity index (χ4v) is 6.42. The van der Waals surface area contributed by atoms with Crippen molar-refractivity contribution in [1.82, 2.24) is 4.90 Å². The standard InChI is InChI=1S/C24H29IN2O4S/c25-19-13-16(11-12-20(19)31-15-22(28)29)14-21-23(30)27(18-9-5-2-6-10-18)24(32-21)26-17-7-3-1-4-8-17/h11-14,17-18H,1-10,15H2,(H,28,29). The van der Waals surface area contributed by atoms with Gasteiger partial charge in [0.05, 0.1) is 14.5 Å². The molecule has 6 nitrogen and oxygen atoms in total. The summed E-state index contributed by atoms with van der Waals surface area (Å²) in [6, 6.07) is 6.12. The monoisotopic (exact) mass is 568 g/mol. The minimum atomic E-state index is -1.01. The third-order valence-corrected chi connectivity index (χ3v) is 8.09. The highest BCUT2D eigenvalue weighted by Gasteiger charge is 2.39. The molecule has 2 saturated carbocycles. The average Bonchev–Trinajstić information content (AvgIpc) is 3.08. The van der Waals surface area contributed by atoms with E-state index >= 15 is 0 Å². The summed E-state index contributed by atoms with van der Waals surface area (Å²) in [6.45, 7) is -0.373. The van der Waals surface area contributed by atoms with E-state index in [9.17, 15) is 9.59 Å². The third kappa shape index (κ3) is 5.87. The Morgan fingerprint density at radius 1 is 1.16 bits per heavy atom. The third-order valence-electron chi connectivity index (χ3n) is 6.25. The van der Waals surface area contributed by atoms with Crippen LogP contribution in [0.1, 0.15) is 69.8 Å². The zero-order valence-electron chi connectivity index (χ0n) is 18.1. The quantitative estimate of drug-likeness (QED) is 0.352. The van der Waals surface area contributed by atoms with E-state index in [4.69, 9.17) is 14.8 Å². The number of aliphatic carboxylic acids is 1. The van der Waals surface area contributed by atoms with Crippen LogP contribution in [0.2, 0.25) is 0 Å². The van der Waals surface area contributed by atoms with Gasteiger partial charge in [0.15, 0.2) is 11.8 Å². The number of aliphatic imine (C=N–C) groups is 1. The maximum atomic E-state index is 13.5. The molecule has 0 aromatic heterocycles. The minimum absolute atomic E-state index is 0.0673. The van der Waals surface area contributed by atoms with Gasteiger partial charge in [-0.1, -0.05) is 44.6 Å². The van der Waals surface area contributed by atoms with E-state index in [0.29, 0.717) is 16.7 Å². The zero-order valence-corrected chi connectivity index (χ0v) is 21.1. The molecule has 1 N–H and O–H groups in total. The molecule has 1 aliphatic heterocycles. The number of nitrogens with zero attached hydrogens (tertiary/aromatic N) is 2. The van der Waals surface area contributed by atoms with Gasteiger partial charge in [0.1, 0.15) is 5.75 Å². The molecule has 1 aromatic rings. The van der Waals surface area contributed by atoms with Crippen LogP contribution in [0.5, 0.6) is 5.75 Å². The topological polar surface area (TPSA) is 79.2 Å². The van der Waals surface area contributed by atoms with Crippen molar-refractivity contribution < 1.29 is 19.4 Å². The Bertz CT molecular complexity index is 921. The number of hydrogen-bond donors (Lipinski definition) is 1. The first-order valence-corrected chi connectivity index (χ1v) is 13.4. The van der Waals surface area contributed by atoms with Crippen LogP contribution in [0, 0.1) is 3.57 Å². The van der Waals surface area contributed by atoms with Gasteiger partial charge < -0.3 is 9.84 Å². The molecule has 3 aliphatic rings. The predicted octanol–water partition coefficient (Wildman–Crippen LogP) is 5.69. The number of amidine groups is 1. The van der Waals surface area contributed by atoms with Crippen LogP contribution < -0.4 is 4.74 Å². The Labute approximate surface area is 207 Å². The van der Waals surface area contributed by atoms with Crippen LogP contribution in [0.3, 0.4) is 0 Å². The van der Waals surface area contributed by atoms with Gasteiger partial charge in [0, 0.05) is 6.04 Å². The van der Waals surface area contributed by atoms with Crippen molar-refractivity contribution in [3.63, 3.8) is 0 Å². The number of carbonyl (C=O) groups is 2. The Balaban J connectivity index is 1.57. The highest BCUT2D eigenvalue weighted by atomic mass is 127. The maximum Gasteiger partial charge on any atom is 0.341 e. The molecule has 1 aromatic carbocycles. The summed E-state index contributed by atoms with van der Waals surface area (Å²) in [5.41, 5.74) is 0.899. The van der Waals surface area contributed by atoms with Crippen LogP contribution in [0.4, 0.5) is 0 Å². The fraction of sp³-hybridized carbons (Fsp3) is 0.542. The summed E-state index contributed by atoms with van der Waals surface area (Å²) in [7, 11) is 0. The number of carboxylic acid groups (broad SMARTS) is 1. The van der Waals surface area contributed by atoms with Crippen molar-refractivity contribution in [2.75, 3.05) is 6.61 Å². The van der Waals surface area contributed by atoms with Gasteiger partial charge in [-0.25, -0.2) is 4.79 Å². The van der Waals surface area contributed by atoms with Crippen molar-refractivity contribution in [1.29, 1.82) is 0 Å². The van der Waals surface area contributed by atoms with Gasteiger partial charge in [-0.3, -0.25) is 14.7 Å². The van der Waals surface area contributed by atoms with E-state index < -0.39 is 5.97 Å². The lowest BCUT2D eigenvalue weighted by molar-refractivity contribution is -0.139. The average molecular weight is 568 g/mol. The molecule has 0 radical (unpaired) electrons. The number of benzene rings is 1. The molecule has 2 aliphatic carbocycles. The zero-order chi connectivity index (χ0) is 22.5. The van der Waals surface area contributed by atoms with Gasteiger partial charge in [-0.05, 0) is 83.8 Å². The summed E-state index contributed by atoms with van der Waals surface area (Å²) in [5.74, 6) is -0.408. The Morgan fingerprint density at radius 3 is 2.50 bits per heavy atom. The van der Waals surface area contributed by atoms with Crippen LogP contribution in [0.25, 0.3) is 6.08 Å². The first kappa shape index (κ1) is 23.6. The van der Waals surface area contributed by atoms with E-state index in [1.807, 2.05) is 23.1 Å². The molecule has 32 heavy (non-hydrogen) atoms. The van der Waals surface area contributed by atoms with Crippen molar-refractivity contribution in [3.8, 4) is 5.75 Å². The van der Waals surface area contributed by atoms with Gasteiger partial charge in [0.25, 0.3) is 5.91 Å². The normalized spacial score (nSPS) is 23.3. The van der Waals surface area contributed by atoms with E-state index in [0.717, 1.165) is 40.0 Å². The Morgan fingerprint density at radius 2 is 1.84 bits per heavy atom. The number of hydrogen-bond acceptors (Lipinski definition) is 5. The molecule has 1 saturated heterocycles. The first-order chi connectivity index (χ1) is 15.5. The second kappa shape index (κ2) is 11.0. The lowest BCUT2D eigenvalue weighted by Crippen LogP contribution is -2.41. The van der Waals surface area contributed by atoms with E-state index in [2.05, 4.69) is 22.6 Å². The van der Waals surface area contributed by atoms with Crippen LogP contribution in [0.15, 0.2) is 28.1 Å². The summed E-state index contributed by atoms with van der Waals surface area (Å²) >= 11 is 3.64. The molecule has 3 fully saturated rings. The lowest BCUT2D eigenvalue weighted by Gasteiger charge is -2.31. The van der Waals surface area contributed by atoms with Crippen molar-refractivity contribution >= 4 is 57.5 Å². The molecule has 8 heteroatoms. The number of ether oxygens (including phenoxy) is 1. The molecular weight excluding hydrogens is 539 g/mol.